The van der Waals surface area contributed by atoms with E-state index < -0.39 is 47.5 Å². The molecule has 3 atom stereocenters. The average Bonchev–Trinajstić information content (AvgIpc) is 2.84. The molecule has 0 bridgehead atoms. The average molecular weight is 553 g/mol. The number of hydrogen-bond donors (Lipinski definition) is 7. The zero-order chi connectivity index (χ0) is 30.1. The summed E-state index contributed by atoms with van der Waals surface area (Å²) in [6.07, 6.45) is 0.689. The quantitative estimate of drug-likeness (QED) is 0.124. The number of nitrogens with two attached hydrogens (primary N) is 1. The van der Waals surface area contributed by atoms with E-state index in [0.29, 0.717) is 19.4 Å². The minimum atomic E-state index is -1.05. The topological polar surface area (TPSA) is 208 Å². The summed E-state index contributed by atoms with van der Waals surface area (Å²) in [4.78, 5) is 58.7. The van der Waals surface area contributed by atoms with Gasteiger partial charge >= 0.3 is 5.97 Å². The standard InChI is InChI=1S/C25H40N4O6.C2H4O2/c1-15(2)11-19(20(12-16(3)4)24(33)29-35)23(32)28-21(25(34)27-10-9-22(30)31)13-17-5-7-18(14-26)8-6-17;1-2(3)4/h5-8,15-16,19-21,35H,9-14,26H2,1-4H3,(H,27,34)(H,28,32)(H,29,33)(H,30,31);1H3,(H,3,4)/t19-,20-,21+;/m1./s1. The van der Waals surface area contributed by atoms with Gasteiger partial charge in [0.2, 0.25) is 17.7 Å². The van der Waals surface area contributed by atoms with E-state index >= 15 is 0 Å². The van der Waals surface area contributed by atoms with Gasteiger partial charge in [-0.25, -0.2) is 5.48 Å². The number of aliphatic carboxylic acids is 2. The van der Waals surface area contributed by atoms with E-state index in [2.05, 4.69) is 10.6 Å². The van der Waals surface area contributed by atoms with Gasteiger partial charge in [0.15, 0.2) is 0 Å². The van der Waals surface area contributed by atoms with Gasteiger partial charge in [-0.05, 0) is 35.8 Å². The molecule has 12 heteroatoms. The molecule has 3 amide bonds. The summed E-state index contributed by atoms with van der Waals surface area (Å²) in [5, 5.41) is 30.9. The van der Waals surface area contributed by atoms with E-state index in [4.69, 9.17) is 20.7 Å². The van der Waals surface area contributed by atoms with Crippen LogP contribution in [0.25, 0.3) is 0 Å². The lowest BCUT2D eigenvalue weighted by atomic mass is 9.79. The number of rotatable bonds is 15. The zero-order valence-corrected chi connectivity index (χ0v) is 23.4. The first-order valence-corrected chi connectivity index (χ1v) is 12.9. The number of amides is 3. The fourth-order valence-electron chi connectivity index (χ4n) is 3.96. The van der Waals surface area contributed by atoms with E-state index in [1.165, 1.54) is 0 Å². The summed E-state index contributed by atoms with van der Waals surface area (Å²) in [5.74, 6) is -4.87. The van der Waals surface area contributed by atoms with Crippen molar-refractivity contribution >= 4 is 29.7 Å². The number of carbonyl (C=O) groups excluding carboxylic acids is 3. The van der Waals surface area contributed by atoms with E-state index in [1.54, 1.807) is 5.48 Å². The molecule has 0 heterocycles. The van der Waals surface area contributed by atoms with Crippen LogP contribution in [-0.2, 0) is 36.9 Å². The first kappa shape index (κ1) is 35.5. The van der Waals surface area contributed by atoms with Gasteiger partial charge in [-0.2, -0.15) is 0 Å². The second-order valence-electron chi connectivity index (χ2n) is 10.2. The van der Waals surface area contributed by atoms with Crippen molar-refractivity contribution in [1.82, 2.24) is 16.1 Å². The first-order chi connectivity index (χ1) is 18.2. The third-order valence-electron chi connectivity index (χ3n) is 5.69. The van der Waals surface area contributed by atoms with E-state index in [9.17, 15) is 24.4 Å². The maximum atomic E-state index is 13.4. The number of carbonyl (C=O) groups is 5. The summed E-state index contributed by atoms with van der Waals surface area (Å²) >= 11 is 0. The van der Waals surface area contributed by atoms with Crippen molar-refractivity contribution in [3.8, 4) is 0 Å². The molecule has 0 aliphatic carbocycles. The van der Waals surface area contributed by atoms with Crippen molar-refractivity contribution in [1.29, 1.82) is 0 Å². The van der Waals surface area contributed by atoms with Gasteiger partial charge in [0, 0.05) is 32.4 Å². The minimum Gasteiger partial charge on any atom is -0.481 e. The second kappa shape index (κ2) is 18.7. The molecule has 12 nitrogen and oxygen atoms in total. The molecule has 1 rings (SSSR count). The molecule has 0 aliphatic rings. The van der Waals surface area contributed by atoms with Crippen LogP contribution in [0.2, 0.25) is 0 Å². The summed E-state index contributed by atoms with van der Waals surface area (Å²) in [6.45, 7) is 9.08. The van der Waals surface area contributed by atoms with Crippen molar-refractivity contribution in [3.63, 3.8) is 0 Å². The fraction of sp³-hybridized carbons (Fsp3) is 0.593. The molecule has 0 aliphatic heterocycles. The van der Waals surface area contributed by atoms with Crippen molar-refractivity contribution < 1.29 is 39.4 Å². The maximum absolute atomic E-state index is 13.4. The molecule has 1 aromatic rings. The Labute approximate surface area is 229 Å². The van der Waals surface area contributed by atoms with E-state index in [0.717, 1.165) is 18.1 Å². The summed E-state index contributed by atoms with van der Waals surface area (Å²) in [7, 11) is 0. The molecule has 0 unspecified atom stereocenters. The zero-order valence-electron chi connectivity index (χ0n) is 23.4. The van der Waals surface area contributed by atoms with Crippen LogP contribution in [0.1, 0.15) is 65.0 Å². The lowest BCUT2D eigenvalue weighted by Gasteiger charge is -2.29. The third-order valence-corrected chi connectivity index (χ3v) is 5.69. The fourth-order valence-corrected chi connectivity index (χ4v) is 3.96. The van der Waals surface area contributed by atoms with E-state index in [1.807, 2.05) is 52.0 Å². The Balaban J connectivity index is 0.00000336. The molecular weight excluding hydrogens is 508 g/mol. The number of hydrogen-bond acceptors (Lipinski definition) is 7. The monoisotopic (exact) mass is 552 g/mol. The van der Waals surface area contributed by atoms with Crippen LogP contribution >= 0.6 is 0 Å². The highest BCUT2D eigenvalue weighted by molar-refractivity contribution is 5.91. The summed E-state index contributed by atoms with van der Waals surface area (Å²) < 4.78 is 0. The molecule has 0 aromatic heterocycles. The van der Waals surface area contributed by atoms with Crippen molar-refractivity contribution in [2.24, 2.45) is 29.4 Å². The predicted octanol–water partition coefficient (Wildman–Crippen LogP) is 1.68. The van der Waals surface area contributed by atoms with Gasteiger partial charge in [-0.15, -0.1) is 0 Å². The van der Waals surface area contributed by atoms with Gasteiger partial charge in [0.05, 0.1) is 12.3 Å². The predicted molar refractivity (Wildman–Crippen MR) is 144 cm³/mol. The van der Waals surface area contributed by atoms with Crippen molar-refractivity contribution in [2.75, 3.05) is 6.54 Å². The van der Waals surface area contributed by atoms with E-state index in [-0.39, 0.29) is 31.2 Å². The van der Waals surface area contributed by atoms with Crippen LogP contribution in [0.3, 0.4) is 0 Å². The molecule has 0 spiro atoms. The largest absolute Gasteiger partial charge is 0.481 e. The number of hydroxylamine groups is 1. The van der Waals surface area contributed by atoms with Gasteiger partial charge in [0.25, 0.3) is 5.97 Å². The minimum absolute atomic E-state index is 0.0784. The molecule has 0 saturated carbocycles. The summed E-state index contributed by atoms with van der Waals surface area (Å²) in [6, 6.07) is 6.33. The molecular formula is C27H44N4O8. The number of nitrogens with one attached hydrogen (secondary N) is 3. The van der Waals surface area contributed by atoms with Gasteiger partial charge in [-0.1, -0.05) is 52.0 Å². The van der Waals surface area contributed by atoms with Crippen LogP contribution < -0.4 is 21.8 Å². The van der Waals surface area contributed by atoms with Crippen LogP contribution in [0, 0.1) is 23.7 Å². The molecule has 220 valence electrons. The third kappa shape index (κ3) is 15.5. The lowest BCUT2D eigenvalue weighted by molar-refractivity contribution is -0.142. The van der Waals surface area contributed by atoms with Crippen LogP contribution in [0.4, 0.5) is 0 Å². The van der Waals surface area contributed by atoms with Crippen LogP contribution in [0.15, 0.2) is 24.3 Å². The highest BCUT2D eigenvalue weighted by atomic mass is 16.5. The Hall–Kier alpha value is -3.51. The Morgan fingerprint density at radius 2 is 1.28 bits per heavy atom. The first-order valence-electron chi connectivity index (χ1n) is 12.9. The van der Waals surface area contributed by atoms with Crippen LogP contribution in [-0.4, -0.2) is 57.7 Å². The molecule has 0 radical (unpaired) electrons. The van der Waals surface area contributed by atoms with Gasteiger partial charge in [0.1, 0.15) is 6.04 Å². The highest BCUT2D eigenvalue weighted by Crippen LogP contribution is 2.27. The highest BCUT2D eigenvalue weighted by Gasteiger charge is 2.36. The Bertz CT molecular complexity index is 930. The molecule has 8 N–H and O–H groups in total. The van der Waals surface area contributed by atoms with Crippen molar-refractivity contribution in [2.45, 2.75) is 72.9 Å². The molecule has 1 aromatic carbocycles. The van der Waals surface area contributed by atoms with Gasteiger partial charge < -0.3 is 26.6 Å². The number of carboxylic acids is 2. The van der Waals surface area contributed by atoms with Crippen LogP contribution in [0.5, 0.6) is 0 Å². The maximum Gasteiger partial charge on any atom is 0.305 e. The SMILES string of the molecule is CC(=O)O.CC(C)C[C@@H](C(=O)NO)[C@@H](CC(C)C)C(=O)N[C@@H](Cc1ccc(CN)cc1)C(=O)NCCC(=O)O. The molecule has 0 fully saturated rings. The summed E-state index contributed by atoms with van der Waals surface area (Å²) in [5.41, 5.74) is 9.03. The number of benzene rings is 1. The molecule has 39 heavy (non-hydrogen) atoms. The Morgan fingerprint density at radius 3 is 1.69 bits per heavy atom. The lowest BCUT2D eigenvalue weighted by Crippen LogP contribution is -2.52. The smallest absolute Gasteiger partial charge is 0.305 e. The second-order valence-corrected chi connectivity index (χ2v) is 10.2. The van der Waals surface area contributed by atoms with Gasteiger partial charge in [-0.3, -0.25) is 29.2 Å². The normalized spacial score (nSPS) is 12.9. The number of carboxylic acid groups (broad SMARTS) is 2. The Morgan fingerprint density at radius 1 is 0.821 bits per heavy atom. The molecule has 0 saturated heterocycles. The van der Waals surface area contributed by atoms with Crippen molar-refractivity contribution in [3.05, 3.63) is 35.4 Å². The Kier molecular flexibility index (Phi) is 17.0.